The number of hydrogen-bond acceptors (Lipinski definition) is 3. The number of aromatic hydroxyl groups is 1. The standard InChI is InChI=1S/C34H37N3O/c1-21-15-16-35-27(17-21)23-12-9-11-22(18-23)25-13-10-14-28-31(25)36-32(37(28)8)30-26(34(5,6)7)19-24(20-29(30)38)33(2,3)4/h9-20,38H,1-8H3. The molecule has 5 rings (SSSR count). The van der Waals surface area contributed by atoms with Crippen LogP contribution >= 0.6 is 0 Å². The molecule has 0 radical (unpaired) electrons. The number of imidazole rings is 1. The third-order valence-corrected chi connectivity index (χ3v) is 7.31. The Balaban J connectivity index is 1.72. The molecule has 0 aliphatic rings. The van der Waals surface area contributed by atoms with E-state index in [2.05, 4.69) is 113 Å². The van der Waals surface area contributed by atoms with E-state index in [-0.39, 0.29) is 16.6 Å². The molecule has 5 aromatic rings. The Labute approximate surface area is 226 Å². The van der Waals surface area contributed by atoms with Crippen LogP contribution < -0.4 is 0 Å². The molecule has 0 unspecified atom stereocenters. The highest BCUT2D eigenvalue weighted by Gasteiger charge is 2.28. The number of aromatic nitrogens is 3. The van der Waals surface area contributed by atoms with E-state index < -0.39 is 0 Å². The van der Waals surface area contributed by atoms with Crippen molar-refractivity contribution < 1.29 is 5.11 Å². The molecule has 1 N–H and O–H groups in total. The summed E-state index contributed by atoms with van der Waals surface area (Å²) in [6.45, 7) is 15.2. The minimum atomic E-state index is -0.176. The lowest BCUT2D eigenvalue weighted by Crippen LogP contribution is -2.18. The van der Waals surface area contributed by atoms with Gasteiger partial charge in [-0.3, -0.25) is 4.98 Å². The number of benzene rings is 3. The Kier molecular flexibility index (Phi) is 6.18. The highest BCUT2D eigenvalue weighted by molar-refractivity contribution is 5.95. The van der Waals surface area contributed by atoms with Gasteiger partial charge in [0.1, 0.15) is 11.6 Å². The van der Waals surface area contributed by atoms with E-state index in [1.165, 1.54) is 5.56 Å². The number of phenols is 1. The van der Waals surface area contributed by atoms with Crippen LogP contribution in [0.15, 0.2) is 72.9 Å². The lowest BCUT2D eigenvalue weighted by molar-refractivity contribution is 0.467. The molecule has 2 heterocycles. The minimum absolute atomic E-state index is 0.0767. The maximum Gasteiger partial charge on any atom is 0.144 e. The summed E-state index contributed by atoms with van der Waals surface area (Å²) < 4.78 is 2.10. The van der Waals surface area contributed by atoms with Crippen LogP contribution in [-0.2, 0) is 17.9 Å². The van der Waals surface area contributed by atoms with Gasteiger partial charge in [-0.15, -0.1) is 0 Å². The third kappa shape index (κ3) is 4.60. The average Bonchev–Trinajstić information content (AvgIpc) is 3.18. The molecule has 0 atom stereocenters. The van der Waals surface area contributed by atoms with Crippen molar-refractivity contribution in [2.75, 3.05) is 0 Å². The van der Waals surface area contributed by atoms with Crippen molar-refractivity contribution in [3.63, 3.8) is 0 Å². The summed E-state index contributed by atoms with van der Waals surface area (Å²) in [7, 11) is 2.03. The van der Waals surface area contributed by atoms with Crippen LogP contribution in [0.25, 0.3) is 44.8 Å². The molecule has 194 valence electrons. The van der Waals surface area contributed by atoms with Crippen molar-refractivity contribution in [2.45, 2.75) is 59.3 Å². The molecule has 0 spiro atoms. The molecule has 38 heavy (non-hydrogen) atoms. The summed E-state index contributed by atoms with van der Waals surface area (Å²) in [5.74, 6) is 1.04. The van der Waals surface area contributed by atoms with Gasteiger partial charge < -0.3 is 9.67 Å². The first kappa shape index (κ1) is 25.7. The molecule has 0 saturated heterocycles. The fourth-order valence-corrected chi connectivity index (χ4v) is 5.10. The molecule has 0 aliphatic carbocycles. The summed E-state index contributed by atoms with van der Waals surface area (Å²) >= 11 is 0. The van der Waals surface area contributed by atoms with Crippen molar-refractivity contribution in [1.29, 1.82) is 0 Å². The SMILES string of the molecule is Cc1ccnc(-c2cccc(-c3cccc4c3nc(-c3c(O)cc(C(C)(C)C)cc3C(C)(C)C)n4C)c2)c1. The van der Waals surface area contributed by atoms with E-state index >= 15 is 0 Å². The monoisotopic (exact) mass is 503 g/mol. The van der Waals surface area contributed by atoms with Crippen LogP contribution in [0.2, 0.25) is 0 Å². The first-order chi connectivity index (χ1) is 17.8. The van der Waals surface area contributed by atoms with Gasteiger partial charge in [-0.2, -0.15) is 0 Å². The van der Waals surface area contributed by atoms with Gasteiger partial charge in [-0.1, -0.05) is 77.9 Å². The number of fused-ring (bicyclic) bond motifs is 1. The highest BCUT2D eigenvalue weighted by atomic mass is 16.3. The van der Waals surface area contributed by atoms with Crippen LogP contribution in [0.5, 0.6) is 5.75 Å². The fourth-order valence-electron chi connectivity index (χ4n) is 5.10. The van der Waals surface area contributed by atoms with Gasteiger partial charge in [-0.25, -0.2) is 4.98 Å². The van der Waals surface area contributed by atoms with Crippen LogP contribution in [0.4, 0.5) is 0 Å². The number of pyridine rings is 1. The first-order valence-electron chi connectivity index (χ1n) is 13.2. The molecule has 0 amide bonds. The maximum atomic E-state index is 11.4. The van der Waals surface area contributed by atoms with Crippen LogP contribution in [0.1, 0.15) is 58.2 Å². The van der Waals surface area contributed by atoms with E-state index in [1.54, 1.807) is 0 Å². The molecular weight excluding hydrogens is 466 g/mol. The second-order valence-electron chi connectivity index (χ2n) is 12.4. The predicted molar refractivity (Wildman–Crippen MR) is 159 cm³/mol. The molecule has 2 aromatic heterocycles. The Morgan fingerprint density at radius 3 is 2.18 bits per heavy atom. The summed E-state index contributed by atoms with van der Waals surface area (Å²) in [5.41, 5.74) is 10.1. The second kappa shape index (κ2) is 9.13. The van der Waals surface area contributed by atoms with Gasteiger partial charge in [0, 0.05) is 24.4 Å². The molecule has 4 nitrogen and oxygen atoms in total. The lowest BCUT2D eigenvalue weighted by Gasteiger charge is -2.28. The van der Waals surface area contributed by atoms with Crippen LogP contribution in [-0.4, -0.2) is 19.6 Å². The predicted octanol–water partition coefficient (Wildman–Crippen LogP) is 8.58. The smallest absolute Gasteiger partial charge is 0.144 e. The quantitative estimate of drug-likeness (QED) is 0.268. The second-order valence-corrected chi connectivity index (χ2v) is 12.4. The Bertz CT molecular complexity index is 1660. The Morgan fingerprint density at radius 1 is 0.789 bits per heavy atom. The first-order valence-corrected chi connectivity index (χ1v) is 13.2. The maximum absolute atomic E-state index is 11.4. The van der Waals surface area contributed by atoms with Gasteiger partial charge in [0.25, 0.3) is 0 Å². The summed E-state index contributed by atoms with van der Waals surface area (Å²) in [6.07, 6.45) is 1.85. The van der Waals surface area contributed by atoms with Gasteiger partial charge >= 0.3 is 0 Å². The van der Waals surface area contributed by atoms with Gasteiger partial charge in [0.05, 0.1) is 22.3 Å². The van der Waals surface area contributed by atoms with E-state index in [0.717, 1.165) is 55.9 Å². The number of rotatable bonds is 3. The van der Waals surface area contributed by atoms with E-state index in [0.29, 0.717) is 0 Å². The topological polar surface area (TPSA) is 50.9 Å². The highest BCUT2D eigenvalue weighted by Crippen LogP contribution is 2.43. The van der Waals surface area contributed by atoms with Crippen LogP contribution in [0, 0.1) is 6.92 Å². The zero-order valence-corrected chi connectivity index (χ0v) is 23.7. The van der Waals surface area contributed by atoms with Crippen molar-refractivity contribution in [2.24, 2.45) is 7.05 Å². The van der Waals surface area contributed by atoms with Crippen molar-refractivity contribution in [3.8, 4) is 39.5 Å². The third-order valence-electron chi connectivity index (χ3n) is 7.31. The lowest BCUT2D eigenvalue weighted by atomic mass is 9.78. The molecule has 0 bridgehead atoms. The average molecular weight is 504 g/mol. The Hall–Kier alpha value is -3.92. The van der Waals surface area contributed by atoms with Gasteiger partial charge in [0.15, 0.2) is 0 Å². The van der Waals surface area contributed by atoms with Crippen LogP contribution in [0.3, 0.4) is 0 Å². The number of phenolic OH excluding ortho intramolecular Hbond substituents is 1. The number of hydrogen-bond donors (Lipinski definition) is 1. The van der Waals surface area contributed by atoms with Crippen molar-refractivity contribution >= 4 is 11.0 Å². The molecule has 4 heteroatoms. The van der Waals surface area contributed by atoms with Crippen molar-refractivity contribution in [1.82, 2.24) is 14.5 Å². The normalized spacial score (nSPS) is 12.3. The Morgan fingerprint density at radius 2 is 1.50 bits per heavy atom. The van der Waals surface area contributed by atoms with E-state index in [9.17, 15) is 5.11 Å². The summed E-state index contributed by atoms with van der Waals surface area (Å²) in [6, 6.07) is 23.0. The molecule has 0 saturated carbocycles. The number of para-hydroxylation sites is 1. The minimum Gasteiger partial charge on any atom is -0.507 e. The molecule has 0 aliphatic heterocycles. The van der Waals surface area contributed by atoms with E-state index in [4.69, 9.17) is 4.98 Å². The number of aryl methyl sites for hydroxylation is 2. The molecule has 0 fully saturated rings. The summed E-state index contributed by atoms with van der Waals surface area (Å²) in [5, 5.41) is 11.4. The molecule has 3 aromatic carbocycles. The number of nitrogens with zero attached hydrogens (tertiary/aromatic N) is 3. The zero-order chi connectivity index (χ0) is 27.4. The van der Waals surface area contributed by atoms with E-state index in [1.807, 2.05) is 25.4 Å². The fraction of sp³-hybridized carbons (Fsp3) is 0.294. The zero-order valence-electron chi connectivity index (χ0n) is 23.7. The van der Waals surface area contributed by atoms with Gasteiger partial charge in [-0.05, 0) is 70.3 Å². The van der Waals surface area contributed by atoms with Crippen molar-refractivity contribution in [3.05, 3.63) is 89.6 Å². The largest absolute Gasteiger partial charge is 0.507 e. The van der Waals surface area contributed by atoms with Gasteiger partial charge in [0.2, 0.25) is 0 Å². The summed E-state index contributed by atoms with van der Waals surface area (Å²) in [4.78, 5) is 9.77. The molecular formula is C34H37N3O.